The average molecular weight is 406 g/mol. The molecule has 1 atom stereocenters. The molecule has 0 radical (unpaired) electrons. The second-order valence-electron chi connectivity index (χ2n) is 5.64. The van der Waals surface area contributed by atoms with Gasteiger partial charge in [-0.25, -0.2) is 13.2 Å². The van der Waals surface area contributed by atoms with E-state index in [2.05, 4.69) is 6.58 Å². The molecule has 0 saturated carbocycles. The molecule has 28 heavy (non-hydrogen) atoms. The van der Waals surface area contributed by atoms with Gasteiger partial charge in [-0.3, -0.25) is 14.4 Å². The Morgan fingerprint density at radius 1 is 1.32 bits per heavy atom. The third-order valence-corrected chi connectivity index (χ3v) is 5.69. The van der Waals surface area contributed by atoms with Crippen molar-refractivity contribution in [2.75, 3.05) is 10.9 Å². The molecule has 2 aromatic rings. The first-order valence-electron chi connectivity index (χ1n) is 8.04. The Bertz CT molecular complexity index is 1000. The number of aliphatic carboxylic acids is 1. The summed E-state index contributed by atoms with van der Waals surface area (Å²) in [6.07, 6.45) is 1.49. The number of hydrogen-bond acceptors (Lipinski definition) is 6. The van der Waals surface area contributed by atoms with Gasteiger partial charge >= 0.3 is 5.97 Å². The van der Waals surface area contributed by atoms with Crippen LogP contribution in [0.25, 0.3) is 0 Å². The van der Waals surface area contributed by atoms with Gasteiger partial charge in [0.25, 0.3) is 15.7 Å². The van der Waals surface area contributed by atoms with Crippen molar-refractivity contribution < 1.29 is 28.0 Å². The lowest BCUT2D eigenvalue weighted by molar-refractivity contribution is -0.387. The quantitative estimate of drug-likeness (QED) is 0.385. The number of carboxylic acid groups (broad SMARTS) is 1. The van der Waals surface area contributed by atoms with Gasteiger partial charge in [-0.15, -0.1) is 0 Å². The topological polar surface area (TPSA) is 127 Å². The van der Waals surface area contributed by atoms with Crippen LogP contribution in [0.1, 0.15) is 6.92 Å². The van der Waals surface area contributed by atoms with Crippen LogP contribution in [0.15, 0.2) is 66.1 Å². The highest BCUT2D eigenvalue weighted by atomic mass is 32.2. The van der Waals surface area contributed by atoms with Crippen LogP contribution in [0.4, 0.5) is 11.4 Å². The first kappa shape index (κ1) is 20.9. The SMILES string of the molecule is C=CCOc1cccc(N(C(C)C(=O)O)S(=O)(=O)c2ccccc2[N+](=O)[O-])c1. The molecule has 0 saturated heterocycles. The maximum Gasteiger partial charge on any atom is 0.327 e. The van der Waals surface area contributed by atoms with Gasteiger partial charge < -0.3 is 9.84 Å². The standard InChI is InChI=1S/C18H18N2O7S/c1-3-11-27-15-8-6-7-14(12-15)19(13(2)18(21)22)28(25,26)17-10-5-4-9-16(17)20(23)24/h3-10,12-13H,1,11H2,2H3,(H,21,22). The van der Waals surface area contributed by atoms with Crippen molar-refractivity contribution in [2.24, 2.45) is 0 Å². The van der Waals surface area contributed by atoms with Crippen molar-refractivity contribution in [3.8, 4) is 5.75 Å². The van der Waals surface area contributed by atoms with Crippen LogP contribution in [0.5, 0.6) is 5.75 Å². The Kier molecular flexibility index (Phi) is 6.37. The summed E-state index contributed by atoms with van der Waals surface area (Å²) in [5.41, 5.74) is -0.654. The summed E-state index contributed by atoms with van der Waals surface area (Å²) in [7, 11) is -4.58. The van der Waals surface area contributed by atoms with Gasteiger partial charge in [-0.05, 0) is 25.1 Å². The van der Waals surface area contributed by atoms with Crippen molar-refractivity contribution in [1.29, 1.82) is 0 Å². The fraction of sp³-hybridized carbons (Fsp3) is 0.167. The summed E-state index contributed by atoms with van der Waals surface area (Å²) in [6, 6.07) is 9.01. The highest BCUT2D eigenvalue weighted by Crippen LogP contribution is 2.33. The number of sulfonamides is 1. The molecule has 0 aliphatic heterocycles. The number of para-hydroxylation sites is 1. The number of ether oxygens (including phenoxy) is 1. The number of rotatable bonds is 9. The second kappa shape index (κ2) is 8.53. The van der Waals surface area contributed by atoms with Gasteiger partial charge in [0.1, 0.15) is 18.4 Å². The summed E-state index contributed by atoms with van der Waals surface area (Å²) >= 11 is 0. The summed E-state index contributed by atoms with van der Waals surface area (Å²) < 4.78 is 32.5. The van der Waals surface area contributed by atoms with Crippen LogP contribution in [-0.4, -0.2) is 37.1 Å². The van der Waals surface area contributed by atoms with Crippen LogP contribution < -0.4 is 9.04 Å². The first-order valence-corrected chi connectivity index (χ1v) is 9.48. The third kappa shape index (κ3) is 4.29. The van der Waals surface area contributed by atoms with Gasteiger partial charge in [-0.1, -0.05) is 30.9 Å². The molecule has 0 heterocycles. The lowest BCUT2D eigenvalue weighted by Gasteiger charge is -2.28. The van der Waals surface area contributed by atoms with E-state index in [1.807, 2.05) is 0 Å². The molecule has 1 N–H and O–H groups in total. The summed E-state index contributed by atoms with van der Waals surface area (Å²) in [5, 5.41) is 20.7. The molecule has 0 fully saturated rings. The van der Waals surface area contributed by atoms with E-state index in [0.29, 0.717) is 4.31 Å². The minimum Gasteiger partial charge on any atom is -0.489 e. The summed E-state index contributed by atoms with van der Waals surface area (Å²) in [5.74, 6) is -1.13. The van der Waals surface area contributed by atoms with Crippen LogP contribution in [-0.2, 0) is 14.8 Å². The predicted octanol–water partition coefficient (Wildman–Crippen LogP) is 2.83. The van der Waals surface area contributed by atoms with E-state index in [-0.39, 0.29) is 18.0 Å². The fourth-order valence-electron chi connectivity index (χ4n) is 2.47. The normalized spacial score (nSPS) is 12.0. The Hall–Kier alpha value is -3.40. The molecule has 1 unspecified atom stereocenters. The summed E-state index contributed by atoms with van der Waals surface area (Å²) in [6.45, 7) is 4.85. The van der Waals surface area contributed by atoms with Gasteiger partial charge in [0.05, 0.1) is 10.6 Å². The Balaban J connectivity index is 2.66. The summed E-state index contributed by atoms with van der Waals surface area (Å²) in [4.78, 5) is 21.4. The van der Waals surface area contributed by atoms with Gasteiger partial charge in [0.2, 0.25) is 0 Å². The highest BCUT2D eigenvalue weighted by Gasteiger charge is 2.37. The van der Waals surface area contributed by atoms with E-state index >= 15 is 0 Å². The van der Waals surface area contributed by atoms with E-state index in [1.54, 1.807) is 6.07 Å². The van der Waals surface area contributed by atoms with Crippen LogP contribution in [0, 0.1) is 10.1 Å². The van der Waals surface area contributed by atoms with Crippen molar-refractivity contribution in [3.05, 3.63) is 71.3 Å². The minimum absolute atomic E-state index is 0.00499. The molecule has 148 valence electrons. The van der Waals surface area contributed by atoms with Gasteiger partial charge in [0.15, 0.2) is 4.90 Å². The van der Waals surface area contributed by atoms with Crippen LogP contribution in [0.3, 0.4) is 0 Å². The van der Waals surface area contributed by atoms with E-state index < -0.39 is 37.5 Å². The second-order valence-corrected chi connectivity index (χ2v) is 7.42. The Morgan fingerprint density at radius 3 is 2.61 bits per heavy atom. The lowest BCUT2D eigenvalue weighted by Crippen LogP contribution is -2.43. The molecule has 2 rings (SSSR count). The van der Waals surface area contributed by atoms with Crippen molar-refractivity contribution >= 4 is 27.4 Å². The zero-order valence-electron chi connectivity index (χ0n) is 14.9. The number of nitro groups is 1. The molecule has 10 heteroatoms. The lowest BCUT2D eigenvalue weighted by atomic mass is 10.2. The van der Waals surface area contributed by atoms with Crippen LogP contribution >= 0.6 is 0 Å². The molecule has 0 bridgehead atoms. The van der Waals surface area contributed by atoms with Crippen molar-refractivity contribution in [2.45, 2.75) is 17.9 Å². The first-order chi connectivity index (χ1) is 13.2. The molecular weight excluding hydrogens is 388 g/mol. The van der Waals surface area contributed by atoms with Gasteiger partial charge in [0, 0.05) is 12.1 Å². The molecule has 0 aliphatic rings. The van der Waals surface area contributed by atoms with Crippen molar-refractivity contribution in [3.63, 3.8) is 0 Å². The number of anilines is 1. The van der Waals surface area contributed by atoms with Gasteiger partial charge in [-0.2, -0.15) is 0 Å². The molecule has 0 aliphatic carbocycles. The monoisotopic (exact) mass is 406 g/mol. The molecule has 0 aromatic heterocycles. The predicted molar refractivity (Wildman–Crippen MR) is 102 cm³/mol. The number of carbonyl (C=O) groups is 1. The number of hydrogen-bond donors (Lipinski definition) is 1. The number of nitrogens with zero attached hydrogens (tertiary/aromatic N) is 2. The zero-order valence-corrected chi connectivity index (χ0v) is 15.7. The zero-order chi connectivity index (χ0) is 20.9. The Morgan fingerprint density at radius 2 is 2.00 bits per heavy atom. The molecular formula is C18H18N2O7S. The smallest absolute Gasteiger partial charge is 0.327 e. The van der Waals surface area contributed by atoms with E-state index in [0.717, 1.165) is 12.1 Å². The largest absolute Gasteiger partial charge is 0.489 e. The number of benzene rings is 2. The van der Waals surface area contributed by atoms with E-state index in [9.17, 15) is 28.4 Å². The minimum atomic E-state index is -4.58. The maximum absolute atomic E-state index is 13.2. The molecule has 2 aromatic carbocycles. The number of nitro benzene ring substituents is 1. The van der Waals surface area contributed by atoms with E-state index in [1.165, 1.54) is 43.3 Å². The molecule has 0 spiro atoms. The number of carboxylic acids is 1. The average Bonchev–Trinajstić information content (AvgIpc) is 2.66. The van der Waals surface area contributed by atoms with E-state index in [4.69, 9.17) is 4.74 Å². The molecule has 9 nitrogen and oxygen atoms in total. The Labute approximate surface area is 161 Å². The van der Waals surface area contributed by atoms with Crippen LogP contribution in [0.2, 0.25) is 0 Å². The highest BCUT2D eigenvalue weighted by molar-refractivity contribution is 7.93. The molecule has 0 amide bonds. The van der Waals surface area contributed by atoms with Crippen molar-refractivity contribution in [1.82, 2.24) is 0 Å². The third-order valence-electron chi connectivity index (χ3n) is 3.75. The maximum atomic E-state index is 13.2. The fourth-order valence-corrected chi connectivity index (χ4v) is 4.24.